The van der Waals surface area contributed by atoms with Crippen LogP contribution in [-0.2, 0) is 0 Å². The summed E-state index contributed by atoms with van der Waals surface area (Å²) in [5.74, 6) is 0.404. The maximum absolute atomic E-state index is 11.1. The fourth-order valence-corrected chi connectivity index (χ4v) is 1.17. The molecule has 1 fully saturated rings. The van der Waals surface area contributed by atoms with Gasteiger partial charge >= 0.3 is 0 Å². The third-order valence-corrected chi connectivity index (χ3v) is 2.13. The lowest BCUT2D eigenvalue weighted by Gasteiger charge is -1.99. The number of nitrogens with zero attached hydrogens (tertiary/aromatic N) is 2. The van der Waals surface area contributed by atoms with Gasteiger partial charge in [-0.1, -0.05) is 0 Å². The van der Waals surface area contributed by atoms with Gasteiger partial charge in [-0.25, -0.2) is 4.98 Å². The number of hydrogen-bond acceptors (Lipinski definition) is 3. The molecule has 2 rings (SSSR count). The van der Waals surface area contributed by atoms with Gasteiger partial charge in [0.25, 0.3) is 5.91 Å². The van der Waals surface area contributed by atoms with Crippen LogP contribution in [0.1, 0.15) is 34.9 Å². The average Bonchev–Trinajstić information content (AvgIpc) is 3.00. The zero-order valence-electron chi connectivity index (χ0n) is 7.45. The molecule has 1 aliphatic rings. The third kappa shape index (κ3) is 1.66. The van der Waals surface area contributed by atoms with E-state index in [1.165, 1.54) is 19.0 Å². The summed E-state index contributed by atoms with van der Waals surface area (Å²) in [6.07, 6.45) is 5.64. The van der Waals surface area contributed by atoms with E-state index in [-0.39, 0.29) is 5.91 Å². The van der Waals surface area contributed by atoms with Gasteiger partial charge < -0.3 is 5.32 Å². The number of carbonyl (C=O) groups is 1. The van der Waals surface area contributed by atoms with Crippen molar-refractivity contribution in [3.63, 3.8) is 0 Å². The largest absolute Gasteiger partial charge is 0.354 e. The normalized spacial score (nSPS) is 15.5. The number of carbonyl (C=O) groups excluding carboxylic acids is 1. The molecule has 68 valence electrons. The molecule has 0 unspecified atom stereocenters. The van der Waals surface area contributed by atoms with Gasteiger partial charge in [0.2, 0.25) is 0 Å². The molecule has 1 aliphatic carbocycles. The van der Waals surface area contributed by atoms with Gasteiger partial charge in [0.05, 0.1) is 11.9 Å². The number of hydrogen-bond donors (Lipinski definition) is 1. The molecule has 13 heavy (non-hydrogen) atoms. The summed E-state index contributed by atoms with van der Waals surface area (Å²) in [7, 11) is 1.58. The maximum atomic E-state index is 11.1. The van der Waals surface area contributed by atoms with Gasteiger partial charge in [-0.2, -0.15) is 0 Å². The number of aromatic nitrogens is 2. The molecule has 0 spiro atoms. The van der Waals surface area contributed by atoms with Crippen LogP contribution < -0.4 is 5.32 Å². The second kappa shape index (κ2) is 3.12. The van der Waals surface area contributed by atoms with Crippen LogP contribution in [0.25, 0.3) is 0 Å². The quantitative estimate of drug-likeness (QED) is 0.724. The number of rotatable bonds is 2. The zero-order valence-corrected chi connectivity index (χ0v) is 7.45. The lowest BCUT2D eigenvalue weighted by atomic mass is 10.3. The van der Waals surface area contributed by atoms with Gasteiger partial charge in [-0.3, -0.25) is 9.78 Å². The van der Waals surface area contributed by atoms with E-state index in [1.54, 1.807) is 13.2 Å². The highest BCUT2D eigenvalue weighted by Gasteiger charge is 2.25. The highest BCUT2D eigenvalue weighted by molar-refractivity contribution is 5.91. The van der Waals surface area contributed by atoms with Crippen LogP contribution in [0, 0.1) is 0 Å². The number of nitrogens with one attached hydrogen (secondary N) is 1. The Morgan fingerprint density at radius 3 is 2.69 bits per heavy atom. The van der Waals surface area contributed by atoms with E-state index >= 15 is 0 Å². The van der Waals surface area contributed by atoms with Gasteiger partial charge in [-0.15, -0.1) is 0 Å². The minimum atomic E-state index is -0.185. The lowest BCUT2D eigenvalue weighted by Crippen LogP contribution is -2.19. The van der Waals surface area contributed by atoms with Crippen LogP contribution in [0.15, 0.2) is 12.4 Å². The molecule has 1 aromatic rings. The molecule has 0 aromatic carbocycles. The van der Waals surface area contributed by atoms with Crippen molar-refractivity contribution in [3.8, 4) is 0 Å². The second-order valence-electron chi connectivity index (χ2n) is 3.18. The molecular formula is C9H11N3O. The molecule has 1 N–H and O–H groups in total. The van der Waals surface area contributed by atoms with Crippen LogP contribution >= 0.6 is 0 Å². The molecule has 1 aromatic heterocycles. The zero-order chi connectivity index (χ0) is 9.26. The Balaban J connectivity index is 2.17. The Morgan fingerprint density at radius 1 is 1.46 bits per heavy atom. The Kier molecular flexibility index (Phi) is 1.96. The maximum Gasteiger partial charge on any atom is 0.271 e. The monoisotopic (exact) mass is 177 g/mol. The molecule has 4 nitrogen and oxygen atoms in total. The molecule has 1 heterocycles. The van der Waals surface area contributed by atoms with Crippen LogP contribution in [0.5, 0.6) is 0 Å². The van der Waals surface area contributed by atoms with Crippen molar-refractivity contribution in [1.29, 1.82) is 0 Å². The van der Waals surface area contributed by atoms with E-state index in [4.69, 9.17) is 0 Å². The lowest BCUT2D eigenvalue weighted by molar-refractivity contribution is 0.0957. The molecule has 0 aliphatic heterocycles. The summed E-state index contributed by atoms with van der Waals surface area (Å²) < 4.78 is 0. The predicted octanol–water partition coefficient (Wildman–Crippen LogP) is 0.714. The van der Waals surface area contributed by atoms with Crippen LogP contribution in [0.2, 0.25) is 0 Å². The minimum absolute atomic E-state index is 0.185. The standard InChI is InChI=1S/C9H11N3O/c1-10-9(13)8-5-11-7(4-12-8)6-2-3-6/h4-6H,2-3H2,1H3,(H,10,13). The van der Waals surface area contributed by atoms with Gasteiger partial charge in [0.1, 0.15) is 5.69 Å². The first-order chi connectivity index (χ1) is 6.31. The van der Waals surface area contributed by atoms with Crippen molar-refractivity contribution in [1.82, 2.24) is 15.3 Å². The Morgan fingerprint density at radius 2 is 2.23 bits per heavy atom. The Hall–Kier alpha value is -1.45. The van der Waals surface area contributed by atoms with Crippen LogP contribution in [-0.4, -0.2) is 22.9 Å². The Labute approximate surface area is 76.4 Å². The number of amides is 1. The fourth-order valence-electron chi connectivity index (χ4n) is 1.17. The highest BCUT2D eigenvalue weighted by Crippen LogP contribution is 2.38. The van der Waals surface area contributed by atoms with Crippen molar-refractivity contribution in [3.05, 3.63) is 23.8 Å². The molecule has 1 amide bonds. The van der Waals surface area contributed by atoms with E-state index in [0.717, 1.165) is 5.69 Å². The molecule has 0 bridgehead atoms. The van der Waals surface area contributed by atoms with Gasteiger partial charge in [0.15, 0.2) is 0 Å². The van der Waals surface area contributed by atoms with E-state index in [2.05, 4.69) is 15.3 Å². The molecule has 1 saturated carbocycles. The second-order valence-corrected chi connectivity index (χ2v) is 3.18. The highest BCUT2D eigenvalue weighted by atomic mass is 16.1. The molecule has 0 radical (unpaired) electrons. The first kappa shape index (κ1) is 8.16. The van der Waals surface area contributed by atoms with Gasteiger partial charge in [0, 0.05) is 19.2 Å². The molecule has 4 heteroatoms. The van der Waals surface area contributed by atoms with Crippen molar-refractivity contribution in [2.45, 2.75) is 18.8 Å². The summed E-state index contributed by atoms with van der Waals surface area (Å²) in [4.78, 5) is 19.3. The summed E-state index contributed by atoms with van der Waals surface area (Å²) in [5, 5.41) is 2.50. The fraction of sp³-hybridized carbons (Fsp3) is 0.444. The SMILES string of the molecule is CNC(=O)c1cnc(C2CC2)cn1. The molecular weight excluding hydrogens is 166 g/mol. The molecule has 0 atom stereocenters. The smallest absolute Gasteiger partial charge is 0.271 e. The van der Waals surface area contributed by atoms with E-state index in [1.807, 2.05) is 0 Å². The predicted molar refractivity (Wildman–Crippen MR) is 47.4 cm³/mol. The first-order valence-electron chi connectivity index (χ1n) is 4.35. The summed E-state index contributed by atoms with van der Waals surface area (Å²) in [5.41, 5.74) is 1.39. The van der Waals surface area contributed by atoms with E-state index in [9.17, 15) is 4.79 Å². The van der Waals surface area contributed by atoms with Crippen molar-refractivity contribution < 1.29 is 4.79 Å². The minimum Gasteiger partial charge on any atom is -0.354 e. The summed E-state index contributed by atoms with van der Waals surface area (Å²) in [6.45, 7) is 0. The van der Waals surface area contributed by atoms with Crippen molar-refractivity contribution >= 4 is 5.91 Å². The Bertz CT molecular complexity index is 316. The summed E-state index contributed by atoms with van der Waals surface area (Å²) >= 11 is 0. The van der Waals surface area contributed by atoms with E-state index < -0.39 is 0 Å². The van der Waals surface area contributed by atoms with Crippen molar-refractivity contribution in [2.24, 2.45) is 0 Å². The topological polar surface area (TPSA) is 54.9 Å². The summed E-state index contributed by atoms with van der Waals surface area (Å²) in [6, 6.07) is 0. The van der Waals surface area contributed by atoms with Gasteiger partial charge in [-0.05, 0) is 12.8 Å². The molecule has 0 saturated heterocycles. The average molecular weight is 177 g/mol. The van der Waals surface area contributed by atoms with Crippen LogP contribution in [0.3, 0.4) is 0 Å². The first-order valence-corrected chi connectivity index (χ1v) is 4.35. The van der Waals surface area contributed by atoms with Crippen LogP contribution in [0.4, 0.5) is 0 Å². The van der Waals surface area contributed by atoms with Crippen molar-refractivity contribution in [2.75, 3.05) is 7.05 Å². The van der Waals surface area contributed by atoms with E-state index in [0.29, 0.717) is 11.6 Å². The third-order valence-electron chi connectivity index (χ3n) is 2.13.